The first kappa shape index (κ1) is 18.3. The highest BCUT2D eigenvalue weighted by molar-refractivity contribution is 5.83. The average Bonchev–Trinajstić information content (AvgIpc) is 2.56. The normalized spacial score (nSPS) is 11.0. The molecule has 0 aliphatic rings. The molecule has 1 aromatic rings. The van der Waals surface area contributed by atoms with Crippen LogP contribution in [0.2, 0.25) is 0 Å². The maximum absolute atomic E-state index is 10.8. The van der Waals surface area contributed by atoms with Crippen LogP contribution in [0.5, 0.6) is 0 Å². The molecule has 0 unspecified atom stereocenters. The number of hydrogen-bond donors (Lipinski definition) is 0. The van der Waals surface area contributed by atoms with E-state index in [-0.39, 0.29) is 0 Å². The van der Waals surface area contributed by atoms with E-state index in [2.05, 4.69) is 13.0 Å². The van der Waals surface area contributed by atoms with Crippen LogP contribution in [0.1, 0.15) is 91.0 Å². The van der Waals surface area contributed by atoms with Crippen molar-refractivity contribution in [1.82, 2.24) is 0 Å². The first-order valence-corrected chi connectivity index (χ1v) is 8.52. The second-order valence-electron chi connectivity index (χ2n) is 5.83. The second-order valence-corrected chi connectivity index (χ2v) is 5.83. The highest BCUT2D eigenvalue weighted by Gasteiger charge is 1.97. The Balaban J connectivity index is 2.23. The molecule has 0 amide bonds. The van der Waals surface area contributed by atoms with Gasteiger partial charge in [0.05, 0.1) is 0 Å². The molecule has 0 atom stereocenters. The number of benzene rings is 1. The van der Waals surface area contributed by atoms with Gasteiger partial charge in [0.1, 0.15) is 12.6 Å². The first-order chi connectivity index (χ1) is 10.8. The molecule has 0 radical (unpaired) electrons. The van der Waals surface area contributed by atoms with E-state index in [1.54, 1.807) is 6.07 Å². The fraction of sp³-hybridized carbons (Fsp3) is 0.500. The summed E-state index contributed by atoms with van der Waals surface area (Å²) in [4.78, 5) is 21.7. The number of carbonyl (C=O) groups is 2. The second kappa shape index (κ2) is 11.9. The van der Waals surface area contributed by atoms with E-state index < -0.39 is 0 Å². The van der Waals surface area contributed by atoms with Crippen LogP contribution in [-0.2, 0) is 0 Å². The summed E-state index contributed by atoms with van der Waals surface area (Å²) >= 11 is 0. The molecule has 0 fully saturated rings. The van der Waals surface area contributed by atoms with Gasteiger partial charge in [0.15, 0.2) is 0 Å². The lowest BCUT2D eigenvalue weighted by Crippen LogP contribution is -1.87. The van der Waals surface area contributed by atoms with Gasteiger partial charge in [0.2, 0.25) is 0 Å². The molecule has 0 aromatic heterocycles. The van der Waals surface area contributed by atoms with Crippen molar-refractivity contribution in [3.05, 3.63) is 41.0 Å². The largest absolute Gasteiger partial charge is 0.298 e. The maximum atomic E-state index is 10.8. The molecule has 0 aliphatic heterocycles. The molecule has 0 spiro atoms. The lowest BCUT2D eigenvalue weighted by molar-refractivity contribution is 0.112. The van der Waals surface area contributed by atoms with Crippen LogP contribution in [0.25, 0.3) is 6.08 Å². The van der Waals surface area contributed by atoms with Gasteiger partial charge in [-0.2, -0.15) is 0 Å². The third-order valence-corrected chi connectivity index (χ3v) is 3.81. The van der Waals surface area contributed by atoms with Crippen LogP contribution >= 0.6 is 0 Å². The molecule has 120 valence electrons. The van der Waals surface area contributed by atoms with E-state index in [9.17, 15) is 9.59 Å². The zero-order valence-corrected chi connectivity index (χ0v) is 13.7. The SMILES string of the molecule is CCCCCCCCCC/C=C/c1cc(C=O)cc(C=O)c1. The lowest BCUT2D eigenvalue weighted by atomic mass is 10.0. The summed E-state index contributed by atoms with van der Waals surface area (Å²) < 4.78 is 0. The molecule has 2 heteroatoms. The Bertz CT molecular complexity index is 448. The van der Waals surface area contributed by atoms with Gasteiger partial charge < -0.3 is 0 Å². The van der Waals surface area contributed by atoms with Crippen molar-refractivity contribution in [2.75, 3.05) is 0 Å². The molecule has 1 rings (SSSR count). The number of allylic oxidation sites excluding steroid dienone is 1. The zero-order valence-electron chi connectivity index (χ0n) is 13.7. The number of carbonyl (C=O) groups excluding carboxylic acids is 2. The van der Waals surface area contributed by atoms with Gasteiger partial charge >= 0.3 is 0 Å². The minimum Gasteiger partial charge on any atom is -0.298 e. The van der Waals surface area contributed by atoms with Crippen molar-refractivity contribution in [3.63, 3.8) is 0 Å². The quantitative estimate of drug-likeness (QED) is 0.358. The highest BCUT2D eigenvalue weighted by Crippen LogP contribution is 2.12. The third kappa shape index (κ3) is 7.92. The molecule has 0 saturated carbocycles. The van der Waals surface area contributed by atoms with E-state index in [1.165, 1.54) is 51.4 Å². The summed E-state index contributed by atoms with van der Waals surface area (Å²) in [5.74, 6) is 0. The number of rotatable bonds is 12. The average molecular weight is 300 g/mol. The molecule has 0 bridgehead atoms. The van der Waals surface area contributed by atoms with E-state index in [1.807, 2.05) is 18.2 Å². The van der Waals surface area contributed by atoms with Gasteiger partial charge in [-0.05, 0) is 36.6 Å². The molecule has 0 aliphatic carbocycles. The molecular weight excluding hydrogens is 272 g/mol. The zero-order chi connectivity index (χ0) is 16.0. The highest BCUT2D eigenvalue weighted by atomic mass is 16.1. The van der Waals surface area contributed by atoms with Crippen LogP contribution in [0.15, 0.2) is 24.3 Å². The summed E-state index contributed by atoms with van der Waals surface area (Å²) in [7, 11) is 0. The Kier molecular flexibility index (Phi) is 9.93. The van der Waals surface area contributed by atoms with E-state index in [0.717, 1.165) is 24.6 Å². The molecule has 1 aromatic carbocycles. The third-order valence-electron chi connectivity index (χ3n) is 3.81. The minimum absolute atomic E-state index is 0.552. The Morgan fingerprint density at radius 3 is 1.77 bits per heavy atom. The Morgan fingerprint density at radius 2 is 1.23 bits per heavy atom. The smallest absolute Gasteiger partial charge is 0.150 e. The monoisotopic (exact) mass is 300 g/mol. The number of aldehydes is 2. The van der Waals surface area contributed by atoms with Crippen molar-refractivity contribution < 1.29 is 9.59 Å². The van der Waals surface area contributed by atoms with Crippen molar-refractivity contribution in [1.29, 1.82) is 0 Å². The van der Waals surface area contributed by atoms with Crippen LogP contribution in [0.3, 0.4) is 0 Å². The Hall–Kier alpha value is -1.70. The van der Waals surface area contributed by atoms with Crippen molar-refractivity contribution in [2.45, 2.75) is 64.7 Å². The van der Waals surface area contributed by atoms with Crippen LogP contribution < -0.4 is 0 Å². The van der Waals surface area contributed by atoms with Gasteiger partial charge in [0, 0.05) is 11.1 Å². The summed E-state index contributed by atoms with van der Waals surface area (Å²) in [5.41, 5.74) is 2.03. The van der Waals surface area contributed by atoms with Crippen molar-refractivity contribution in [2.24, 2.45) is 0 Å². The van der Waals surface area contributed by atoms with Gasteiger partial charge in [-0.15, -0.1) is 0 Å². The Morgan fingerprint density at radius 1 is 0.727 bits per heavy atom. The summed E-state index contributed by atoms with van der Waals surface area (Å²) in [6.45, 7) is 2.25. The maximum Gasteiger partial charge on any atom is 0.150 e. The summed E-state index contributed by atoms with van der Waals surface area (Å²) in [5, 5.41) is 0. The molecular formula is C20H28O2. The summed E-state index contributed by atoms with van der Waals surface area (Å²) in [6.07, 6.45) is 17.3. The Labute approximate surface area is 134 Å². The van der Waals surface area contributed by atoms with E-state index in [0.29, 0.717) is 11.1 Å². The molecule has 2 nitrogen and oxygen atoms in total. The molecule has 0 heterocycles. The van der Waals surface area contributed by atoms with Crippen molar-refractivity contribution in [3.8, 4) is 0 Å². The number of hydrogen-bond acceptors (Lipinski definition) is 2. The minimum atomic E-state index is 0.552. The molecule has 0 N–H and O–H groups in total. The van der Waals surface area contributed by atoms with Gasteiger partial charge in [-0.1, -0.05) is 64.0 Å². The predicted octanol–water partition coefficient (Wildman–Crippen LogP) is 5.86. The van der Waals surface area contributed by atoms with Crippen LogP contribution in [0.4, 0.5) is 0 Å². The van der Waals surface area contributed by atoms with Crippen LogP contribution in [0, 0.1) is 0 Å². The summed E-state index contributed by atoms with van der Waals surface area (Å²) in [6, 6.07) is 5.23. The predicted molar refractivity (Wildman–Crippen MR) is 93.5 cm³/mol. The van der Waals surface area contributed by atoms with Gasteiger partial charge in [0.25, 0.3) is 0 Å². The standard InChI is InChI=1S/C20H28O2/c1-2-3-4-5-6-7-8-9-10-11-12-18-13-19(16-21)15-20(14-18)17-22/h11-17H,2-10H2,1H3/b12-11+. The lowest BCUT2D eigenvalue weighted by Gasteiger charge is -2.00. The fourth-order valence-electron chi connectivity index (χ4n) is 2.55. The van der Waals surface area contributed by atoms with E-state index in [4.69, 9.17) is 0 Å². The molecule has 22 heavy (non-hydrogen) atoms. The molecule has 0 saturated heterocycles. The van der Waals surface area contributed by atoms with Gasteiger partial charge in [-0.25, -0.2) is 0 Å². The van der Waals surface area contributed by atoms with E-state index >= 15 is 0 Å². The van der Waals surface area contributed by atoms with Gasteiger partial charge in [-0.3, -0.25) is 9.59 Å². The van der Waals surface area contributed by atoms with Crippen LogP contribution in [-0.4, -0.2) is 12.6 Å². The fourth-order valence-corrected chi connectivity index (χ4v) is 2.55. The van der Waals surface area contributed by atoms with Crippen molar-refractivity contribution >= 4 is 18.6 Å². The first-order valence-electron chi connectivity index (χ1n) is 8.52. The number of unbranched alkanes of at least 4 members (excludes halogenated alkanes) is 8. The topological polar surface area (TPSA) is 34.1 Å².